The summed E-state index contributed by atoms with van der Waals surface area (Å²) in [5, 5.41) is 20.2. The zero-order valence-corrected chi connectivity index (χ0v) is 9.01. The van der Waals surface area contributed by atoms with Gasteiger partial charge >= 0.3 is 0 Å². The minimum Gasteiger partial charge on any atom is -0.499 e. The molecule has 0 amide bonds. The van der Waals surface area contributed by atoms with Crippen LogP contribution in [0.15, 0.2) is 29.6 Å². The number of aryl methyl sites for hydroxylation is 1. The topological polar surface area (TPSA) is 44.0 Å². The first-order chi connectivity index (χ1) is 7.22. The molecule has 15 heavy (non-hydrogen) atoms. The summed E-state index contributed by atoms with van der Waals surface area (Å²) >= 11 is 1.19. The SMILES string of the molecule is Cc1ccc(-c2csc(O)c2C#N)cc1. The minimum absolute atomic E-state index is 0.0908. The minimum atomic E-state index is 0.0908. The number of nitriles is 1. The predicted octanol–water partition coefficient (Wildman–Crippen LogP) is 3.30. The van der Waals surface area contributed by atoms with Crippen LogP contribution in [0.3, 0.4) is 0 Å². The van der Waals surface area contributed by atoms with Crippen LogP contribution in [0.5, 0.6) is 5.06 Å². The molecule has 0 aliphatic heterocycles. The fourth-order valence-electron chi connectivity index (χ4n) is 1.40. The second-order valence-corrected chi connectivity index (χ2v) is 4.17. The van der Waals surface area contributed by atoms with Crippen LogP contribution in [0.4, 0.5) is 0 Å². The number of hydrogen-bond donors (Lipinski definition) is 1. The number of nitrogens with zero attached hydrogens (tertiary/aromatic N) is 1. The number of benzene rings is 1. The van der Waals surface area contributed by atoms with Crippen LogP contribution in [-0.2, 0) is 0 Å². The van der Waals surface area contributed by atoms with Gasteiger partial charge in [-0.25, -0.2) is 0 Å². The molecule has 0 spiro atoms. The third kappa shape index (κ3) is 1.72. The largest absolute Gasteiger partial charge is 0.499 e. The molecule has 1 N–H and O–H groups in total. The molecule has 1 heterocycles. The van der Waals surface area contributed by atoms with Crippen molar-refractivity contribution in [2.24, 2.45) is 0 Å². The zero-order chi connectivity index (χ0) is 10.8. The molecule has 0 radical (unpaired) electrons. The van der Waals surface area contributed by atoms with E-state index < -0.39 is 0 Å². The van der Waals surface area contributed by atoms with E-state index in [9.17, 15) is 5.11 Å². The monoisotopic (exact) mass is 215 g/mol. The summed E-state index contributed by atoms with van der Waals surface area (Å²) in [5.41, 5.74) is 3.31. The highest BCUT2D eigenvalue weighted by Gasteiger charge is 2.11. The van der Waals surface area contributed by atoms with Gasteiger partial charge in [0.1, 0.15) is 11.6 Å². The summed E-state index contributed by atoms with van der Waals surface area (Å²) in [6, 6.07) is 9.91. The Morgan fingerprint density at radius 2 is 1.93 bits per heavy atom. The summed E-state index contributed by atoms with van der Waals surface area (Å²) in [6.45, 7) is 2.01. The van der Waals surface area contributed by atoms with Gasteiger partial charge in [-0.1, -0.05) is 29.8 Å². The highest BCUT2D eigenvalue weighted by molar-refractivity contribution is 7.12. The molecular weight excluding hydrogens is 206 g/mol. The van der Waals surface area contributed by atoms with Crippen molar-refractivity contribution >= 4 is 11.3 Å². The van der Waals surface area contributed by atoms with Crippen molar-refractivity contribution in [3.63, 3.8) is 0 Å². The van der Waals surface area contributed by atoms with Gasteiger partial charge in [-0.05, 0) is 12.5 Å². The van der Waals surface area contributed by atoms with Crippen molar-refractivity contribution < 1.29 is 5.11 Å². The van der Waals surface area contributed by atoms with Crippen molar-refractivity contribution in [1.29, 1.82) is 5.26 Å². The van der Waals surface area contributed by atoms with Crippen molar-refractivity contribution in [3.05, 3.63) is 40.8 Å². The maximum absolute atomic E-state index is 9.44. The summed E-state index contributed by atoms with van der Waals surface area (Å²) in [7, 11) is 0. The molecule has 0 aliphatic rings. The standard InChI is InChI=1S/C12H9NOS/c1-8-2-4-9(5-3-8)11-7-15-12(14)10(11)6-13/h2-5,7,14H,1H3. The Bertz CT molecular complexity index is 520. The fraction of sp³-hybridized carbons (Fsp3) is 0.0833. The number of thiophene rings is 1. The maximum Gasteiger partial charge on any atom is 0.190 e. The van der Waals surface area contributed by atoms with E-state index in [-0.39, 0.29) is 5.06 Å². The van der Waals surface area contributed by atoms with Crippen LogP contribution in [0.2, 0.25) is 0 Å². The van der Waals surface area contributed by atoms with Crippen LogP contribution in [0, 0.1) is 18.3 Å². The van der Waals surface area contributed by atoms with Gasteiger partial charge in [-0.2, -0.15) is 5.26 Å². The molecule has 0 saturated carbocycles. The van der Waals surface area contributed by atoms with Gasteiger partial charge in [0.15, 0.2) is 5.06 Å². The van der Waals surface area contributed by atoms with Gasteiger partial charge in [0, 0.05) is 10.9 Å². The van der Waals surface area contributed by atoms with Crippen molar-refractivity contribution in [2.75, 3.05) is 0 Å². The second-order valence-electron chi connectivity index (χ2n) is 3.31. The normalized spacial score (nSPS) is 9.87. The van der Waals surface area contributed by atoms with E-state index in [1.165, 1.54) is 16.9 Å². The molecule has 0 atom stereocenters. The molecule has 0 aliphatic carbocycles. The maximum atomic E-state index is 9.44. The molecule has 3 heteroatoms. The lowest BCUT2D eigenvalue weighted by atomic mass is 10.0. The quantitative estimate of drug-likeness (QED) is 0.793. The average molecular weight is 215 g/mol. The van der Waals surface area contributed by atoms with E-state index in [0.717, 1.165) is 11.1 Å². The lowest BCUT2D eigenvalue weighted by Gasteiger charge is -1.99. The summed E-state index contributed by atoms with van der Waals surface area (Å²) < 4.78 is 0. The highest BCUT2D eigenvalue weighted by atomic mass is 32.1. The Balaban J connectivity index is 2.55. The van der Waals surface area contributed by atoms with Gasteiger partial charge in [0.2, 0.25) is 0 Å². The fourth-order valence-corrected chi connectivity index (χ4v) is 2.16. The Morgan fingerprint density at radius 3 is 2.53 bits per heavy atom. The molecule has 2 nitrogen and oxygen atoms in total. The van der Waals surface area contributed by atoms with Gasteiger partial charge in [0.25, 0.3) is 0 Å². The lowest BCUT2D eigenvalue weighted by Crippen LogP contribution is -1.79. The van der Waals surface area contributed by atoms with E-state index in [0.29, 0.717) is 5.56 Å². The molecule has 2 aromatic rings. The molecule has 0 fully saturated rings. The molecule has 0 bridgehead atoms. The smallest absolute Gasteiger partial charge is 0.190 e. The molecule has 1 aromatic heterocycles. The van der Waals surface area contributed by atoms with Crippen molar-refractivity contribution in [3.8, 4) is 22.3 Å². The summed E-state index contributed by atoms with van der Waals surface area (Å²) in [6.07, 6.45) is 0. The first kappa shape index (κ1) is 9.75. The van der Waals surface area contributed by atoms with Crippen molar-refractivity contribution in [2.45, 2.75) is 6.92 Å². The molecule has 0 saturated heterocycles. The molecular formula is C12H9NOS. The number of rotatable bonds is 1. The van der Waals surface area contributed by atoms with E-state index >= 15 is 0 Å². The highest BCUT2D eigenvalue weighted by Crippen LogP contribution is 2.35. The zero-order valence-electron chi connectivity index (χ0n) is 8.19. The van der Waals surface area contributed by atoms with Gasteiger partial charge < -0.3 is 5.11 Å². The Hall–Kier alpha value is -1.79. The van der Waals surface area contributed by atoms with E-state index in [1.807, 2.05) is 37.3 Å². The number of aromatic hydroxyl groups is 1. The van der Waals surface area contributed by atoms with Crippen LogP contribution in [0.1, 0.15) is 11.1 Å². The molecule has 0 unspecified atom stereocenters. The van der Waals surface area contributed by atoms with E-state index in [4.69, 9.17) is 5.26 Å². The van der Waals surface area contributed by atoms with Gasteiger partial charge in [-0.3, -0.25) is 0 Å². The molecule has 2 rings (SSSR count). The van der Waals surface area contributed by atoms with Crippen molar-refractivity contribution in [1.82, 2.24) is 0 Å². The van der Waals surface area contributed by atoms with Crippen LogP contribution >= 0.6 is 11.3 Å². The third-order valence-corrected chi connectivity index (χ3v) is 3.03. The Labute approximate surface area is 92.0 Å². The Kier molecular flexibility index (Phi) is 2.44. The van der Waals surface area contributed by atoms with E-state index in [1.54, 1.807) is 5.38 Å². The van der Waals surface area contributed by atoms with Crippen LogP contribution in [0.25, 0.3) is 11.1 Å². The lowest BCUT2D eigenvalue weighted by molar-refractivity contribution is 0.489. The Morgan fingerprint density at radius 1 is 1.27 bits per heavy atom. The first-order valence-corrected chi connectivity index (χ1v) is 5.38. The number of hydrogen-bond acceptors (Lipinski definition) is 3. The molecule has 1 aromatic carbocycles. The summed E-state index contributed by atoms with van der Waals surface area (Å²) in [5.74, 6) is 0. The van der Waals surface area contributed by atoms with Crippen LogP contribution < -0.4 is 0 Å². The first-order valence-electron chi connectivity index (χ1n) is 4.50. The third-order valence-electron chi connectivity index (χ3n) is 2.25. The van der Waals surface area contributed by atoms with Gasteiger partial charge in [0.05, 0.1) is 0 Å². The average Bonchev–Trinajstić information content (AvgIpc) is 2.61. The molecule has 74 valence electrons. The summed E-state index contributed by atoms with van der Waals surface area (Å²) in [4.78, 5) is 0. The second kappa shape index (κ2) is 3.76. The van der Waals surface area contributed by atoms with E-state index in [2.05, 4.69) is 0 Å². The van der Waals surface area contributed by atoms with Gasteiger partial charge in [-0.15, -0.1) is 11.3 Å². The predicted molar refractivity (Wildman–Crippen MR) is 60.9 cm³/mol. The van der Waals surface area contributed by atoms with Crippen LogP contribution in [-0.4, -0.2) is 5.11 Å².